The largest absolute Gasteiger partial charge is 0.465 e. The molecule has 1 N–H and O–H groups in total. The molecule has 0 spiro atoms. The molecule has 0 unspecified atom stereocenters. The van der Waals surface area contributed by atoms with Crippen LogP contribution in [0, 0.1) is 13.8 Å². The Balaban J connectivity index is 0.00000361. The van der Waals surface area contributed by atoms with Crippen LogP contribution in [0.4, 0.5) is 9.80 Å². The van der Waals surface area contributed by atoms with E-state index in [4.69, 9.17) is 9.47 Å². The summed E-state index contributed by atoms with van der Waals surface area (Å²) < 4.78 is 9.89. The number of carbonyl (C=O) groups is 2. The Morgan fingerprint density at radius 3 is 2.20 bits per heavy atom. The fraction of sp³-hybridized carbons (Fsp3) is 0.538. The number of carbonyl (C=O) groups excluding carboxylic acids is 2. The molecule has 0 aliphatic heterocycles. The van der Waals surface area contributed by atoms with Gasteiger partial charge in [0, 0.05) is 23.4 Å². The van der Waals surface area contributed by atoms with E-state index in [1.807, 2.05) is 13.8 Å². The first-order valence-electron chi connectivity index (χ1n) is 5.84. The zero-order valence-corrected chi connectivity index (χ0v) is 14.7. The van der Waals surface area contributed by atoms with Crippen LogP contribution >= 0.6 is 11.3 Å². The van der Waals surface area contributed by atoms with E-state index >= 15 is 0 Å². The first-order valence-corrected chi connectivity index (χ1v) is 6.65. The molecule has 1 rings (SSSR count). The van der Waals surface area contributed by atoms with Gasteiger partial charge in [-0.05, 0) is 40.2 Å². The topological polar surface area (TPSA) is 64.6 Å². The smallest absolute Gasteiger partial charge is 0.412 e. The Morgan fingerprint density at radius 2 is 1.75 bits per heavy atom. The summed E-state index contributed by atoms with van der Waals surface area (Å²) in [5.41, 5.74) is 0.607. The minimum atomic E-state index is -0.586. The molecular formula is C13H19NO4SV. The van der Waals surface area contributed by atoms with E-state index in [0.717, 1.165) is 10.4 Å². The Labute approximate surface area is 134 Å². The molecule has 1 aromatic rings. The van der Waals surface area contributed by atoms with E-state index in [1.165, 1.54) is 18.4 Å². The van der Waals surface area contributed by atoms with Crippen LogP contribution < -0.4 is 5.32 Å². The van der Waals surface area contributed by atoms with Crippen molar-refractivity contribution in [3.63, 3.8) is 0 Å². The van der Waals surface area contributed by atoms with Crippen LogP contribution in [0.2, 0.25) is 0 Å². The second-order valence-electron chi connectivity index (χ2n) is 5.11. The van der Waals surface area contributed by atoms with Crippen molar-refractivity contribution in [2.24, 2.45) is 0 Å². The summed E-state index contributed by atoms with van der Waals surface area (Å²) in [5.74, 6) is -0.465. The van der Waals surface area contributed by atoms with Crippen molar-refractivity contribution in [1.29, 1.82) is 0 Å². The van der Waals surface area contributed by atoms with Gasteiger partial charge in [0.25, 0.3) is 0 Å². The van der Waals surface area contributed by atoms with Gasteiger partial charge in [-0.25, -0.2) is 9.59 Å². The molecule has 20 heavy (non-hydrogen) atoms. The summed E-state index contributed by atoms with van der Waals surface area (Å²) in [7, 11) is 1.31. The normalized spacial score (nSPS) is 10.5. The van der Waals surface area contributed by atoms with E-state index in [-0.39, 0.29) is 18.6 Å². The number of methoxy groups -OCH3 is 1. The van der Waals surface area contributed by atoms with Gasteiger partial charge < -0.3 is 9.47 Å². The average molecular weight is 336 g/mol. The maximum absolute atomic E-state index is 11.7. The Bertz CT molecular complexity index is 505. The number of thiophene rings is 1. The SMILES string of the molecule is COC(=O)c1c(NC(=O)OC(C)(C)C)sc(C)c1C.[V]. The molecule has 0 aromatic carbocycles. The van der Waals surface area contributed by atoms with Crippen LogP contribution in [-0.2, 0) is 28.0 Å². The third kappa shape index (κ3) is 4.85. The van der Waals surface area contributed by atoms with Gasteiger partial charge in [0.15, 0.2) is 0 Å². The minimum Gasteiger partial charge on any atom is -0.465 e. The predicted molar refractivity (Wildman–Crippen MR) is 75.0 cm³/mol. The molecular weight excluding hydrogens is 317 g/mol. The van der Waals surface area contributed by atoms with Gasteiger partial charge in [-0.2, -0.15) is 0 Å². The number of hydrogen-bond donors (Lipinski definition) is 1. The van der Waals surface area contributed by atoms with Gasteiger partial charge in [-0.1, -0.05) is 0 Å². The number of esters is 1. The molecule has 5 nitrogen and oxygen atoms in total. The fourth-order valence-electron chi connectivity index (χ4n) is 1.46. The van der Waals surface area contributed by atoms with E-state index in [1.54, 1.807) is 20.8 Å². The van der Waals surface area contributed by atoms with Crippen LogP contribution in [0.3, 0.4) is 0 Å². The number of anilines is 1. The zero-order valence-electron chi connectivity index (χ0n) is 12.5. The van der Waals surface area contributed by atoms with E-state index < -0.39 is 17.7 Å². The predicted octanol–water partition coefficient (Wildman–Crippen LogP) is 3.50. The second kappa shape index (κ2) is 7.15. The van der Waals surface area contributed by atoms with Gasteiger partial charge in [-0.3, -0.25) is 5.32 Å². The summed E-state index contributed by atoms with van der Waals surface area (Å²) in [6, 6.07) is 0. The molecule has 1 radical (unpaired) electrons. The van der Waals surface area contributed by atoms with Crippen molar-refractivity contribution in [2.75, 3.05) is 12.4 Å². The molecule has 0 aliphatic rings. The number of hydrogen-bond acceptors (Lipinski definition) is 5. The molecule has 0 bridgehead atoms. The van der Waals surface area contributed by atoms with Crippen LogP contribution in [0.25, 0.3) is 0 Å². The van der Waals surface area contributed by atoms with E-state index in [0.29, 0.717) is 10.6 Å². The fourth-order valence-corrected chi connectivity index (χ4v) is 2.49. The number of aryl methyl sites for hydroxylation is 1. The summed E-state index contributed by atoms with van der Waals surface area (Å²) in [6.45, 7) is 9.03. The van der Waals surface area contributed by atoms with Gasteiger partial charge in [0.1, 0.15) is 10.6 Å². The average Bonchev–Trinajstić information content (AvgIpc) is 2.51. The van der Waals surface area contributed by atoms with Crippen LogP contribution in [-0.4, -0.2) is 24.8 Å². The first-order chi connectivity index (χ1) is 8.65. The van der Waals surface area contributed by atoms with Gasteiger partial charge in [0.05, 0.1) is 12.7 Å². The summed E-state index contributed by atoms with van der Waals surface area (Å²) in [4.78, 5) is 24.4. The number of rotatable bonds is 2. The van der Waals surface area contributed by atoms with Crippen molar-refractivity contribution < 1.29 is 37.6 Å². The maximum atomic E-state index is 11.7. The molecule has 0 fully saturated rings. The quantitative estimate of drug-likeness (QED) is 0.840. The standard InChI is InChI=1S/C13H19NO4S.V/c1-7-8(2)19-10(9(7)11(15)17-6)14-12(16)18-13(3,4)5;/h1-6H3,(H,14,16);. The summed E-state index contributed by atoms with van der Waals surface area (Å²) in [6.07, 6.45) is -0.584. The van der Waals surface area contributed by atoms with Crippen molar-refractivity contribution in [1.82, 2.24) is 0 Å². The number of ether oxygens (including phenoxy) is 2. The molecule has 1 aromatic heterocycles. The van der Waals surface area contributed by atoms with Crippen LogP contribution in [0.5, 0.6) is 0 Å². The van der Waals surface area contributed by atoms with E-state index in [9.17, 15) is 9.59 Å². The van der Waals surface area contributed by atoms with Crippen molar-refractivity contribution >= 4 is 28.4 Å². The first kappa shape index (κ1) is 19.0. The molecule has 0 atom stereocenters. The molecule has 0 saturated heterocycles. The summed E-state index contributed by atoms with van der Waals surface area (Å²) >= 11 is 1.33. The minimum absolute atomic E-state index is 0. The molecule has 7 heteroatoms. The van der Waals surface area contributed by atoms with Gasteiger partial charge >= 0.3 is 12.1 Å². The third-order valence-electron chi connectivity index (χ3n) is 2.39. The van der Waals surface area contributed by atoms with Crippen LogP contribution in [0.1, 0.15) is 41.6 Å². The molecule has 0 saturated carbocycles. The van der Waals surface area contributed by atoms with Gasteiger partial charge in [-0.15, -0.1) is 11.3 Å². The maximum Gasteiger partial charge on any atom is 0.412 e. The van der Waals surface area contributed by atoms with Crippen molar-refractivity contribution in [2.45, 2.75) is 40.2 Å². The van der Waals surface area contributed by atoms with Crippen molar-refractivity contribution in [3.05, 3.63) is 16.0 Å². The molecule has 1 heterocycles. The number of nitrogens with one attached hydrogen (secondary N) is 1. The third-order valence-corrected chi connectivity index (χ3v) is 3.51. The monoisotopic (exact) mass is 336 g/mol. The summed E-state index contributed by atoms with van der Waals surface area (Å²) in [5, 5.41) is 3.06. The molecule has 111 valence electrons. The Morgan fingerprint density at radius 1 is 1.20 bits per heavy atom. The zero-order chi connectivity index (χ0) is 14.8. The van der Waals surface area contributed by atoms with Crippen molar-refractivity contribution in [3.8, 4) is 0 Å². The van der Waals surface area contributed by atoms with E-state index in [2.05, 4.69) is 5.32 Å². The second-order valence-corrected chi connectivity index (χ2v) is 6.33. The van der Waals surface area contributed by atoms with Gasteiger partial charge in [0.2, 0.25) is 0 Å². The molecule has 0 aliphatic carbocycles. The number of amides is 1. The van der Waals surface area contributed by atoms with Crippen LogP contribution in [0.15, 0.2) is 0 Å². The molecule has 1 amide bonds. The Hall–Kier alpha value is -0.976. The Kier molecular flexibility index (Phi) is 6.80.